The molecule has 2 aromatic carbocycles. The van der Waals surface area contributed by atoms with E-state index in [1.165, 1.54) is 7.11 Å². The molecular formula is C20H18N4O3. The van der Waals surface area contributed by atoms with Crippen LogP contribution in [0.1, 0.15) is 5.56 Å². The smallest absolute Gasteiger partial charge is 0.227 e. The highest BCUT2D eigenvalue weighted by molar-refractivity contribution is 5.66. The fraction of sp³-hybridized carbons (Fsp3) is 0.150. The van der Waals surface area contributed by atoms with Crippen LogP contribution in [-0.4, -0.2) is 31.3 Å². The molecule has 27 heavy (non-hydrogen) atoms. The van der Waals surface area contributed by atoms with Gasteiger partial charge in [0, 0.05) is 23.5 Å². The Hall–Kier alpha value is -3.79. The number of hydrogen-bond acceptors (Lipinski definition) is 7. The van der Waals surface area contributed by atoms with Crippen molar-refractivity contribution in [2.75, 3.05) is 26.6 Å². The molecular weight excluding hydrogens is 344 g/mol. The van der Waals surface area contributed by atoms with Crippen LogP contribution < -0.4 is 19.5 Å². The number of methoxy groups -OCH3 is 3. The van der Waals surface area contributed by atoms with Crippen LogP contribution in [0.15, 0.2) is 48.7 Å². The lowest BCUT2D eigenvalue weighted by atomic mass is 10.1. The van der Waals surface area contributed by atoms with E-state index < -0.39 is 0 Å². The van der Waals surface area contributed by atoms with Crippen molar-refractivity contribution in [3.63, 3.8) is 0 Å². The number of anilines is 2. The summed E-state index contributed by atoms with van der Waals surface area (Å²) in [4.78, 5) is 8.77. The monoisotopic (exact) mass is 362 g/mol. The van der Waals surface area contributed by atoms with Crippen molar-refractivity contribution in [3.8, 4) is 34.6 Å². The molecule has 0 radical (unpaired) electrons. The predicted octanol–water partition coefficient (Wildman–Crippen LogP) is 3.78. The third kappa shape index (κ3) is 3.90. The Morgan fingerprint density at radius 1 is 0.889 bits per heavy atom. The number of nitriles is 1. The van der Waals surface area contributed by atoms with Gasteiger partial charge in [-0.3, -0.25) is 0 Å². The molecule has 3 aromatic rings. The Morgan fingerprint density at radius 3 is 2.33 bits per heavy atom. The molecule has 0 spiro atoms. The van der Waals surface area contributed by atoms with E-state index in [0.29, 0.717) is 34.5 Å². The number of benzene rings is 2. The Kier molecular flexibility index (Phi) is 5.38. The first kappa shape index (κ1) is 18.0. The Morgan fingerprint density at radius 2 is 1.63 bits per heavy atom. The van der Waals surface area contributed by atoms with Crippen molar-refractivity contribution in [2.45, 2.75) is 0 Å². The zero-order valence-electron chi connectivity index (χ0n) is 15.2. The maximum Gasteiger partial charge on any atom is 0.227 e. The molecule has 0 amide bonds. The van der Waals surface area contributed by atoms with Gasteiger partial charge in [-0.05, 0) is 36.4 Å². The van der Waals surface area contributed by atoms with Gasteiger partial charge in [0.15, 0.2) is 11.5 Å². The normalized spacial score (nSPS) is 10.0. The van der Waals surface area contributed by atoms with E-state index in [1.54, 1.807) is 50.7 Å². The first-order valence-electron chi connectivity index (χ1n) is 8.09. The second-order valence-electron chi connectivity index (χ2n) is 5.49. The summed E-state index contributed by atoms with van der Waals surface area (Å²) in [6.45, 7) is 0. The minimum absolute atomic E-state index is 0.425. The summed E-state index contributed by atoms with van der Waals surface area (Å²) < 4.78 is 15.7. The summed E-state index contributed by atoms with van der Waals surface area (Å²) >= 11 is 0. The molecule has 0 bridgehead atoms. The van der Waals surface area contributed by atoms with Gasteiger partial charge in [-0.2, -0.15) is 5.26 Å². The van der Waals surface area contributed by atoms with Crippen molar-refractivity contribution in [3.05, 3.63) is 54.2 Å². The number of nitrogens with zero attached hydrogens (tertiary/aromatic N) is 3. The van der Waals surface area contributed by atoms with Gasteiger partial charge in [0.05, 0.1) is 32.6 Å². The quantitative estimate of drug-likeness (QED) is 0.713. The van der Waals surface area contributed by atoms with Crippen LogP contribution in [0.3, 0.4) is 0 Å². The van der Waals surface area contributed by atoms with Crippen LogP contribution >= 0.6 is 0 Å². The topological polar surface area (TPSA) is 89.3 Å². The van der Waals surface area contributed by atoms with Gasteiger partial charge < -0.3 is 19.5 Å². The second-order valence-corrected chi connectivity index (χ2v) is 5.49. The highest BCUT2D eigenvalue weighted by Crippen LogP contribution is 2.31. The number of aromatic nitrogens is 2. The van der Waals surface area contributed by atoms with Crippen molar-refractivity contribution >= 4 is 11.6 Å². The SMILES string of the molecule is COc1ccc(-c2ccnc(Nc3ccc(OC)c(OC)c3)n2)cc1C#N. The van der Waals surface area contributed by atoms with Gasteiger partial charge in [0.25, 0.3) is 0 Å². The molecule has 7 heteroatoms. The third-order valence-corrected chi connectivity index (χ3v) is 3.91. The van der Waals surface area contributed by atoms with Crippen molar-refractivity contribution in [1.82, 2.24) is 9.97 Å². The molecule has 7 nitrogen and oxygen atoms in total. The van der Waals surface area contributed by atoms with Gasteiger partial charge in [-0.15, -0.1) is 0 Å². The van der Waals surface area contributed by atoms with Crippen LogP contribution in [0.5, 0.6) is 17.2 Å². The van der Waals surface area contributed by atoms with Crippen LogP contribution in [-0.2, 0) is 0 Å². The lowest BCUT2D eigenvalue weighted by Gasteiger charge is -2.11. The minimum Gasteiger partial charge on any atom is -0.495 e. The first-order valence-corrected chi connectivity index (χ1v) is 8.09. The first-order chi connectivity index (χ1) is 13.2. The Balaban J connectivity index is 1.89. The molecule has 136 valence electrons. The average Bonchev–Trinajstić information content (AvgIpc) is 2.73. The van der Waals surface area contributed by atoms with E-state index in [0.717, 1.165) is 11.3 Å². The van der Waals surface area contributed by atoms with Crippen molar-refractivity contribution in [2.24, 2.45) is 0 Å². The molecule has 1 N–H and O–H groups in total. The molecule has 0 unspecified atom stereocenters. The van der Waals surface area contributed by atoms with Crippen LogP contribution in [0.25, 0.3) is 11.3 Å². The summed E-state index contributed by atoms with van der Waals surface area (Å²) in [5, 5.41) is 12.4. The maximum atomic E-state index is 9.27. The Labute approximate surface area is 157 Å². The third-order valence-electron chi connectivity index (χ3n) is 3.91. The lowest BCUT2D eigenvalue weighted by Crippen LogP contribution is -1.99. The summed E-state index contributed by atoms with van der Waals surface area (Å²) in [6.07, 6.45) is 1.65. The van der Waals surface area contributed by atoms with E-state index in [-0.39, 0.29) is 0 Å². The van der Waals surface area contributed by atoms with Crippen LogP contribution in [0.4, 0.5) is 11.6 Å². The molecule has 3 rings (SSSR count). The second kappa shape index (κ2) is 8.06. The molecule has 1 heterocycles. The van der Waals surface area contributed by atoms with E-state index >= 15 is 0 Å². The molecule has 0 aliphatic carbocycles. The van der Waals surface area contributed by atoms with Crippen molar-refractivity contribution < 1.29 is 14.2 Å². The average molecular weight is 362 g/mol. The van der Waals surface area contributed by atoms with E-state index in [9.17, 15) is 5.26 Å². The maximum absolute atomic E-state index is 9.27. The fourth-order valence-corrected chi connectivity index (χ4v) is 2.58. The number of nitrogens with one attached hydrogen (secondary N) is 1. The summed E-state index contributed by atoms with van der Waals surface area (Å²) in [5.74, 6) is 2.19. The van der Waals surface area contributed by atoms with Crippen molar-refractivity contribution in [1.29, 1.82) is 5.26 Å². The van der Waals surface area contributed by atoms with Crippen LogP contribution in [0.2, 0.25) is 0 Å². The molecule has 1 aromatic heterocycles. The summed E-state index contributed by atoms with van der Waals surface area (Å²) in [7, 11) is 4.70. The van der Waals surface area contributed by atoms with E-state index in [2.05, 4.69) is 21.4 Å². The molecule has 0 aliphatic rings. The van der Waals surface area contributed by atoms with Gasteiger partial charge in [-0.1, -0.05) is 0 Å². The predicted molar refractivity (Wildman–Crippen MR) is 102 cm³/mol. The van der Waals surface area contributed by atoms with Gasteiger partial charge >= 0.3 is 0 Å². The van der Waals surface area contributed by atoms with Gasteiger partial charge in [-0.25, -0.2) is 9.97 Å². The zero-order chi connectivity index (χ0) is 19.2. The Bertz CT molecular complexity index is 999. The molecule has 0 fully saturated rings. The fourth-order valence-electron chi connectivity index (χ4n) is 2.58. The molecule has 0 aliphatic heterocycles. The standard InChI is InChI=1S/C20H18N4O3/c1-25-17-6-4-13(10-14(17)12-21)16-8-9-22-20(24-16)23-15-5-7-18(26-2)19(11-15)27-3/h4-11H,1-3H3,(H,22,23,24). The van der Waals surface area contributed by atoms with E-state index in [1.807, 2.05) is 12.1 Å². The molecule has 0 atom stereocenters. The lowest BCUT2D eigenvalue weighted by molar-refractivity contribution is 0.355. The van der Waals surface area contributed by atoms with Gasteiger partial charge in [0.1, 0.15) is 11.8 Å². The highest BCUT2D eigenvalue weighted by Gasteiger charge is 2.09. The van der Waals surface area contributed by atoms with Crippen LogP contribution in [0, 0.1) is 11.3 Å². The highest BCUT2D eigenvalue weighted by atomic mass is 16.5. The largest absolute Gasteiger partial charge is 0.495 e. The minimum atomic E-state index is 0.425. The zero-order valence-corrected chi connectivity index (χ0v) is 15.2. The number of rotatable bonds is 6. The molecule has 0 saturated carbocycles. The summed E-state index contributed by atoms with van der Waals surface area (Å²) in [5.41, 5.74) is 2.69. The molecule has 0 saturated heterocycles. The number of hydrogen-bond donors (Lipinski definition) is 1. The van der Waals surface area contributed by atoms with E-state index in [4.69, 9.17) is 14.2 Å². The summed E-state index contributed by atoms with van der Waals surface area (Å²) in [6, 6.07) is 14.7. The number of ether oxygens (including phenoxy) is 3. The van der Waals surface area contributed by atoms with Gasteiger partial charge in [0.2, 0.25) is 5.95 Å².